The van der Waals surface area contributed by atoms with Crippen molar-refractivity contribution >= 4 is 10.9 Å². The van der Waals surface area contributed by atoms with E-state index in [4.69, 9.17) is 5.73 Å². The largest absolute Gasteiger partial charge is 0.329 e. The highest BCUT2D eigenvalue weighted by Crippen LogP contribution is 2.29. The Bertz CT molecular complexity index is 567. The predicted octanol–water partition coefficient (Wildman–Crippen LogP) is 2.72. The molecule has 2 atom stereocenters. The number of benzene rings is 1. The lowest BCUT2D eigenvalue weighted by Crippen LogP contribution is -2.35. The van der Waals surface area contributed by atoms with Crippen LogP contribution in [0.5, 0.6) is 0 Å². The third-order valence-electron chi connectivity index (χ3n) is 4.24. The van der Waals surface area contributed by atoms with E-state index in [1.54, 1.807) is 0 Å². The van der Waals surface area contributed by atoms with Gasteiger partial charge in [0, 0.05) is 30.2 Å². The normalized spacial score (nSPS) is 21.9. The van der Waals surface area contributed by atoms with Crippen molar-refractivity contribution in [3.8, 4) is 0 Å². The number of hydrogen-bond acceptors (Lipinski definition) is 3. The van der Waals surface area contributed by atoms with Crippen LogP contribution in [-0.4, -0.2) is 29.0 Å². The monoisotopic (exact) mass is 255 g/mol. The minimum absolute atomic E-state index is 0.335. The zero-order chi connectivity index (χ0) is 13.2. The fraction of sp³-hybridized carbons (Fsp3) is 0.438. The first-order valence-corrected chi connectivity index (χ1v) is 7.10. The third kappa shape index (κ3) is 2.36. The molecule has 2 N–H and O–H groups in total. The molecular formula is C16H21N3. The first kappa shape index (κ1) is 12.6. The highest BCUT2D eigenvalue weighted by atomic mass is 15.2. The highest BCUT2D eigenvalue weighted by Gasteiger charge is 2.27. The average Bonchev–Trinajstić information content (AvgIpc) is 2.86. The Kier molecular flexibility index (Phi) is 3.49. The lowest BCUT2D eigenvalue weighted by Gasteiger charge is -2.31. The van der Waals surface area contributed by atoms with Gasteiger partial charge in [0.15, 0.2) is 0 Å². The average molecular weight is 255 g/mol. The van der Waals surface area contributed by atoms with Gasteiger partial charge in [-0.3, -0.25) is 9.88 Å². The maximum atomic E-state index is 6.03. The van der Waals surface area contributed by atoms with E-state index in [-0.39, 0.29) is 0 Å². The van der Waals surface area contributed by atoms with Crippen LogP contribution in [0.25, 0.3) is 10.9 Å². The summed E-state index contributed by atoms with van der Waals surface area (Å²) < 4.78 is 0. The summed E-state index contributed by atoms with van der Waals surface area (Å²) in [4.78, 5) is 6.91. The minimum atomic E-state index is 0.335. The van der Waals surface area contributed by atoms with Crippen molar-refractivity contribution in [3.05, 3.63) is 42.1 Å². The molecule has 0 saturated carbocycles. The maximum Gasteiger partial charge on any atom is 0.0702 e. The molecule has 0 bridgehead atoms. The summed E-state index contributed by atoms with van der Waals surface area (Å²) in [6, 6.07) is 11.6. The molecule has 0 spiro atoms. The summed E-state index contributed by atoms with van der Waals surface area (Å²) in [7, 11) is 0. The van der Waals surface area contributed by atoms with Crippen LogP contribution in [0, 0.1) is 0 Å². The number of fused-ring (bicyclic) bond motifs is 1. The molecule has 1 aromatic carbocycles. The molecule has 3 rings (SSSR count). The van der Waals surface area contributed by atoms with Crippen LogP contribution in [-0.2, 0) is 0 Å². The zero-order valence-electron chi connectivity index (χ0n) is 11.4. The summed E-state index contributed by atoms with van der Waals surface area (Å²) in [5, 5.41) is 1.20. The lowest BCUT2D eigenvalue weighted by atomic mass is 10.0. The molecular weight excluding hydrogens is 234 g/mol. The van der Waals surface area contributed by atoms with Crippen molar-refractivity contribution in [2.45, 2.75) is 31.8 Å². The van der Waals surface area contributed by atoms with E-state index in [1.807, 2.05) is 12.3 Å². The molecule has 2 heterocycles. The molecule has 100 valence electrons. The van der Waals surface area contributed by atoms with Gasteiger partial charge in [-0.1, -0.05) is 12.1 Å². The van der Waals surface area contributed by atoms with Crippen LogP contribution in [0.2, 0.25) is 0 Å². The van der Waals surface area contributed by atoms with E-state index in [0.29, 0.717) is 18.6 Å². The molecule has 0 aliphatic carbocycles. The van der Waals surface area contributed by atoms with Crippen LogP contribution >= 0.6 is 0 Å². The van der Waals surface area contributed by atoms with Crippen LogP contribution in [0.3, 0.4) is 0 Å². The molecule has 0 radical (unpaired) electrons. The van der Waals surface area contributed by atoms with Gasteiger partial charge < -0.3 is 5.73 Å². The van der Waals surface area contributed by atoms with Crippen LogP contribution in [0.1, 0.15) is 31.4 Å². The summed E-state index contributed by atoms with van der Waals surface area (Å²) in [6.45, 7) is 4.14. The van der Waals surface area contributed by atoms with Gasteiger partial charge >= 0.3 is 0 Å². The number of nitrogens with zero attached hydrogens (tertiary/aromatic N) is 2. The molecule has 1 saturated heterocycles. The summed E-state index contributed by atoms with van der Waals surface area (Å²) in [5.41, 5.74) is 8.40. The van der Waals surface area contributed by atoms with Crippen molar-refractivity contribution in [1.82, 2.24) is 9.88 Å². The van der Waals surface area contributed by atoms with Crippen molar-refractivity contribution in [2.75, 3.05) is 13.1 Å². The van der Waals surface area contributed by atoms with Gasteiger partial charge in [0.1, 0.15) is 0 Å². The van der Waals surface area contributed by atoms with E-state index in [9.17, 15) is 0 Å². The number of hydrogen-bond donors (Lipinski definition) is 1. The molecule has 3 heteroatoms. The molecule has 1 aromatic heterocycles. The Hall–Kier alpha value is -1.45. The van der Waals surface area contributed by atoms with E-state index in [1.165, 1.54) is 23.8 Å². The number of pyridine rings is 1. The van der Waals surface area contributed by atoms with Gasteiger partial charge in [-0.25, -0.2) is 0 Å². The van der Waals surface area contributed by atoms with Gasteiger partial charge in [0.25, 0.3) is 0 Å². The maximum absolute atomic E-state index is 6.03. The van der Waals surface area contributed by atoms with E-state index >= 15 is 0 Å². The Balaban J connectivity index is 1.96. The summed E-state index contributed by atoms with van der Waals surface area (Å²) >= 11 is 0. The summed E-state index contributed by atoms with van der Waals surface area (Å²) in [5.74, 6) is 0. The van der Waals surface area contributed by atoms with E-state index in [2.05, 4.69) is 41.1 Å². The first-order valence-electron chi connectivity index (χ1n) is 7.10. The quantitative estimate of drug-likeness (QED) is 0.917. The van der Waals surface area contributed by atoms with Crippen molar-refractivity contribution in [3.63, 3.8) is 0 Å². The fourth-order valence-corrected chi connectivity index (χ4v) is 3.18. The molecule has 19 heavy (non-hydrogen) atoms. The van der Waals surface area contributed by atoms with Crippen molar-refractivity contribution in [1.29, 1.82) is 0 Å². The van der Waals surface area contributed by atoms with Gasteiger partial charge in [0.05, 0.1) is 5.52 Å². The Morgan fingerprint density at radius 2 is 2.32 bits per heavy atom. The lowest BCUT2D eigenvalue weighted by molar-refractivity contribution is 0.195. The molecule has 2 unspecified atom stereocenters. The number of aromatic nitrogens is 1. The van der Waals surface area contributed by atoms with Crippen LogP contribution in [0.15, 0.2) is 36.5 Å². The predicted molar refractivity (Wildman–Crippen MR) is 78.9 cm³/mol. The number of nitrogens with two attached hydrogens (primary N) is 1. The van der Waals surface area contributed by atoms with Crippen LogP contribution < -0.4 is 5.73 Å². The molecule has 1 aliphatic rings. The van der Waals surface area contributed by atoms with Gasteiger partial charge in [-0.05, 0) is 50.1 Å². The number of rotatable bonds is 3. The van der Waals surface area contributed by atoms with Crippen molar-refractivity contribution < 1.29 is 0 Å². The Morgan fingerprint density at radius 3 is 3.05 bits per heavy atom. The summed E-state index contributed by atoms with van der Waals surface area (Å²) in [6.07, 6.45) is 4.41. The molecule has 1 aliphatic heterocycles. The SMILES string of the molecule is CC1CCCN1C(CN)c1ccc2ncccc2c1. The highest BCUT2D eigenvalue weighted by molar-refractivity contribution is 5.79. The molecule has 2 aromatic rings. The van der Waals surface area contributed by atoms with E-state index in [0.717, 1.165) is 12.1 Å². The molecule has 3 nitrogen and oxygen atoms in total. The fourth-order valence-electron chi connectivity index (χ4n) is 3.18. The second-order valence-corrected chi connectivity index (χ2v) is 5.44. The van der Waals surface area contributed by atoms with Gasteiger partial charge in [0.2, 0.25) is 0 Å². The van der Waals surface area contributed by atoms with Gasteiger partial charge in [-0.15, -0.1) is 0 Å². The van der Waals surface area contributed by atoms with Crippen molar-refractivity contribution in [2.24, 2.45) is 5.73 Å². The van der Waals surface area contributed by atoms with Crippen LogP contribution in [0.4, 0.5) is 0 Å². The smallest absolute Gasteiger partial charge is 0.0702 e. The van der Waals surface area contributed by atoms with Gasteiger partial charge in [-0.2, -0.15) is 0 Å². The second-order valence-electron chi connectivity index (χ2n) is 5.44. The Labute approximate surface area is 114 Å². The zero-order valence-corrected chi connectivity index (χ0v) is 11.4. The minimum Gasteiger partial charge on any atom is -0.329 e. The topological polar surface area (TPSA) is 42.1 Å². The second kappa shape index (κ2) is 5.27. The molecule has 1 fully saturated rings. The Morgan fingerprint density at radius 1 is 1.42 bits per heavy atom. The third-order valence-corrected chi connectivity index (χ3v) is 4.24. The number of likely N-dealkylation sites (tertiary alicyclic amines) is 1. The molecule has 0 amide bonds. The first-order chi connectivity index (χ1) is 9.29. The standard InChI is InChI=1S/C16H21N3/c1-12-4-3-9-19(12)16(11-17)14-6-7-15-13(10-14)5-2-8-18-15/h2,5-8,10,12,16H,3-4,9,11,17H2,1H3. The van der Waals surface area contributed by atoms with E-state index < -0.39 is 0 Å².